The molecule has 1 aliphatic rings. The number of halogens is 2. The van der Waals surface area contributed by atoms with Crippen molar-refractivity contribution in [1.82, 2.24) is 5.32 Å². The minimum absolute atomic E-state index is 0.0771. The van der Waals surface area contributed by atoms with E-state index < -0.39 is 0 Å². The highest BCUT2D eigenvalue weighted by Gasteiger charge is 2.33. The highest BCUT2D eigenvalue weighted by Crippen LogP contribution is 2.27. The van der Waals surface area contributed by atoms with Crippen molar-refractivity contribution in [2.75, 3.05) is 11.4 Å². The molecule has 1 fully saturated rings. The molecule has 1 heterocycles. The number of amides is 1. The number of rotatable bonds is 3. The maximum absolute atomic E-state index is 13.1. The predicted molar refractivity (Wildman–Crippen MR) is 78.1 cm³/mol. The van der Waals surface area contributed by atoms with E-state index >= 15 is 0 Å². The van der Waals surface area contributed by atoms with Crippen LogP contribution in [0, 0.1) is 9.39 Å². The maximum Gasteiger partial charge on any atom is 0.244 e. The van der Waals surface area contributed by atoms with Crippen LogP contribution in [0.4, 0.5) is 10.1 Å². The Bertz CT molecular complexity index is 464. The molecule has 1 N–H and O–H groups in total. The van der Waals surface area contributed by atoms with Gasteiger partial charge in [-0.05, 0) is 47.2 Å². The molecule has 3 nitrogen and oxygen atoms in total. The molecule has 98 valence electrons. The minimum Gasteiger partial charge on any atom is -0.310 e. The van der Waals surface area contributed by atoms with Crippen LogP contribution in [-0.4, -0.2) is 24.5 Å². The fourth-order valence-electron chi connectivity index (χ4n) is 2.18. The molecule has 1 unspecified atom stereocenters. The zero-order valence-corrected chi connectivity index (χ0v) is 12.6. The molecular formula is C13H16FIN2O. The van der Waals surface area contributed by atoms with E-state index in [4.69, 9.17) is 0 Å². The van der Waals surface area contributed by atoms with Gasteiger partial charge in [0.25, 0.3) is 0 Å². The van der Waals surface area contributed by atoms with Crippen LogP contribution in [0.2, 0.25) is 0 Å². The van der Waals surface area contributed by atoms with Crippen molar-refractivity contribution in [1.29, 1.82) is 0 Å². The Kier molecular flexibility index (Phi) is 4.21. The van der Waals surface area contributed by atoms with E-state index in [9.17, 15) is 9.18 Å². The van der Waals surface area contributed by atoms with Crippen molar-refractivity contribution < 1.29 is 9.18 Å². The normalized spacial score (nSPS) is 19.9. The summed E-state index contributed by atoms with van der Waals surface area (Å²) in [5.41, 5.74) is 0.801. The van der Waals surface area contributed by atoms with E-state index in [-0.39, 0.29) is 23.8 Å². The zero-order chi connectivity index (χ0) is 13.3. The monoisotopic (exact) mass is 362 g/mol. The molecule has 5 heteroatoms. The standard InChI is InChI=1S/C13H16FIN2O/c1-8(2)16-11-5-6-17(13(11)18)12-4-3-9(14)7-10(12)15/h3-4,7-8,11,16H,5-6H2,1-2H3. The number of carbonyl (C=O) groups excluding carboxylic acids is 1. The third-order valence-corrected chi connectivity index (χ3v) is 3.80. The smallest absolute Gasteiger partial charge is 0.244 e. The summed E-state index contributed by atoms with van der Waals surface area (Å²) in [7, 11) is 0. The molecule has 1 aliphatic heterocycles. The number of nitrogens with one attached hydrogen (secondary N) is 1. The van der Waals surface area contributed by atoms with Gasteiger partial charge in [-0.1, -0.05) is 13.8 Å². The van der Waals surface area contributed by atoms with Crippen LogP contribution in [0.15, 0.2) is 18.2 Å². The largest absolute Gasteiger partial charge is 0.310 e. The third-order valence-electron chi connectivity index (χ3n) is 2.94. The average Bonchev–Trinajstić information content (AvgIpc) is 2.60. The van der Waals surface area contributed by atoms with Crippen LogP contribution in [0.3, 0.4) is 0 Å². The SMILES string of the molecule is CC(C)NC1CCN(c2ccc(F)cc2I)C1=O. The van der Waals surface area contributed by atoms with E-state index in [0.29, 0.717) is 6.54 Å². The lowest BCUT2D eigenvalue weighted by molar-refractivity contribution is -0.118. The van der Waals surface area contributed by atoms with Gasteiger partial charge < -0.3 is 10.2 Å². The summed E-state index contributed by atoms with van der Waals surface area (Å²) in [6.07, 6.45) is 0.796. The molecule has 0 aromatic heterocycles. The molecule has 0 saturated carbocycles. The minimum atomic E-state index is -0.272. The molecule has 1 aromatic rings. The summed E-state index contributed by atoms with van der Waals surface area (Å²) >= 11 is 2.06. The molecule has 0 bridgehead atoms. The van der Waals surface area contributed by atoms with E-state index in [1.807, 2.05) is 13.8 Å². The van der Waals surface area contributed by atoms with Crippen LogP contribution in [-0.2, 0) is 4.79 Å². The first kappa shape index (κ1) is 13.7. The van der Waals surface area contributed by atoms with Gasteiger partial charge in [0.05, 0.1) is 11.7 Å². The van der Waals surface area contributed by atoms with E-state index in [1.54, 1.807) is 11.0 Å². The van der Waals surface area contributed by atoms with E-state index in [1.165, 1.54) is 12.1 Å². The number of anilines is 1. The molecule has 0 aliphatic carbocycles. The van der Waals surface area contributed by atoms with Gasteiger partial charge in [-0.2, -0.15) is 0 Å². The Morgan fingerprint density at radius 3 is 2.83 bits per heavy atom. The summed E-state index contributed by atoms with van der Waals surface area (Å²) < 4.78 is 13.8. The molecule has 18 heavy (non-hydrogen) atoms. The summed E-state index contributed by atoms with van der Waals surface area (Å²) in [4.78, 5) is 14.0. The lowest BCUT2D eigenvalue weighted by atomic mass is 10.2. The maximum atomic E-state index is 13.1. The highest BCUT2D eigenvalue weighted by molar-refractivity contribution is 14.1. The van der Waals surface area contributed by atoms with Gasteiger partial charge in [-0.15, -0.1) is 0 Å². The lowest BCUT2D eigenvalue weighted by Gasteiger charge is -2.19. The van der Waals surface area contributed by atoms with Gasteiger partial charge >= 0.3 is 0 Å². The Morgan fingerprint density at radius 1 is 1.50 bits per heavy atom. The first-order chi connectivity index (χ1) is 8.49. The second kappa shape index (κ2) is 5.52. The Labute approximate surface area is 120 Å². The van der Waals surface area contributed by atoms with Crippen molar-refractivity contribution in [3.8, 4) is 0 Å². The predicted octanol–water partition coefficient (Wildman–Crippen LogP) is 2.53. The fraction of sp³-hybridized carbons (Fsp3) is 0.462. The van der Waals surface area contributed by atoms with E-state index in [2.05, 4.69) is 27.9 Å². The Morgan fingerprint density at radius 2 is 2.22 bits per heavy atom. The number of carbonyl (C=O) groups is 1. The van der Waals surface area contributed by atoms with Crippen LogP contribution in [0.5, 0.6) is 0 Å². The molecule has 1 atom stereocenters. The Balaban J connectivity index is 2.18. The van der Waals surface area contributed by atoms with Crippen LogP contribution >= 0.6 is 22.6 Å². The second-order valence-electron chi connectivity index (χ2n) is 4.75. The van der Waals surface area contributed by atoms with E-state index in [0.717, 1.165) is 15.7 Å². The molecule has 1 amide bonds. The third kappa shape index (κ3) is 2.83. The Hall–Kier alpha value is -0.690. The molecule has 0 radical (unpaired) electrons. The van der Waals surface area contributed by atoms with Gasteiger partial charge in [-0.25, -0.2) is 4.39 Å². The quantitative estimate of drug-likeness (QED) is 0.839. The van der Waals surface area contributed by atoms with Crippen LogP contribution < -0.4 is 10.2 Å². The first-order valence-corrected chi connectivity index (χ1v) is 7.09. The summed E-state index contributed by atoms with van der Waals surface area (Å²) in [6, 6.07) is 4.68. The van der Waals surface area contributed by atoms with Crippen molar-refractivity contribution in [3.05, 3.63) is 27.6 Å². The highest BCUT2D eigenvalue weighted by atomic mass is 127. The van der Waals surface area contributed by atoms with Crippen LogP contribution in [0.25, 0.3) is 0 Å². The number of benzene rings is 1. The zero-order valence-electron chi connectivity index (χ0n) is 10.4. The van der Waals surface area contributed by atoms with Gasteiger partial charge in [0, 0.05) is 16.2 Å². The lowest BCUT2D eigenvalue weighted by Crippen LogP contribution is -2.41. The first-order valence-electron chi connectivity index (χ1n) is 6.01. The molecule has 1 aromatic carbocycles. The van der Waals surface area contributed by atoms with Gasteiger partial charge in [-0.3, -0.25) is 4.79 Å². The van der Waals surface area contributed by atoms with Crippen LogP contribution in [0.1, 0.15) is 20.3 Å². The summed E-state index contributed by atoms with van der Waals surface area (Å²) in [6.45, 7) is 4.74. The van der Waals surface area contributed by atoms with Gasteiger partial charge in [0.2, 0.25) is 5.91 Å². The number of hydrogen-bond acceptors (Lipinski definition) is 2. The summed E-state index contributed by atoms with van der Waals surface area (Å²) in [5, 5.41) is 3.25. The van der Waals surface area contributed by atoms with Crippen molar-refractivity contribution in [3.63, 3.8) is 0 Å². The molecular weight excluding hydrogens is 346 g/mol. The molecule has 0 spiro atoms. The van der Waals surface area contributed by atoms with Crippen molar-refractivity contribution in [2.24, 2.45) is 0 Å². The van der Waals surface area contributed by atoms with Crippen molar-refractivity contribution >= 4 is 34.2 Å². The molecule has 1 saturated heterocycles. The number of nitrogens with zero attached hydrogens (tertiary/aromatic N) is 1. The van der Waals surface area contributed by atoms with Gasteiger partial charge in [0.15, 0.2) is 0 Å². The second-order valence-corrected chi connectivity index (χ2v) is 5.91. The average molecular weight is 362 g/mol. The summed E-state index contributed by atoms with van der Waals surface area (Å²) in [5.74, 6) is -0.195. The fourth-order valence-corrected chi connectivity index (χ4v) is 2.94. The number of hydrogen-bond donors (Lipinski definition) is 1. The molecule has 2 rings (SSSR count). The van der Waals surface area contributed by atoms with Crippen molar-refractivity contribution in [2.45, 2.75) is 32.4 Å². The topological polar surface area (TPSA) is 32.3 Å². The van der Waals surface area contributed by atoms with Gasteiger partial charge in [0.1, 0.15) is 5.82 Å².